The predicted octanol–water partition coefficient (Wildman–Crippen LogP) is 2.45. The average molecular weight is 520 g/mol. The summed E-state index contributed by atoms with van der Waals surface area (Å²) in [6.07, 6.45) is 5.00. The Hall–Kier alpha value is -1.16. The lowest BCUT2D eigenvalue weighted by atomic mass is 9.95. The zero-order chi connectivity index (χ0) is 19.6. The fraction of sp³-hybridized carbons (Fsp3) is 0.600. The van der Waals surface area contributed by atoms with Crippen molar-refractivity contribution in [2.75, 3.05) is 26.4 Å². The number of hydrogen-bond acceptors (Lipinski definition) is 3. The van der Waals surface area contributed by atoms with E-state index in [-0.39, 0.29) is 29.9 Å². The molecule has 0 saturated heterocycles. The fourth-order valence-electron chi connectivity index (χ4n) is 3.48. The second-order valence-electron chi connectivity index (χ2n) is 6.83. The van der Waals surface area contributed by atoms with Gasteiger partial charge in [0.1, 0.15) is 0 Å². The lowest BCUT2D eigenvalue weighted by Gasteiger charge is -2.30. The van der Waals surface area contributed by atoms with Gasteiger partial charge in [0.25, 0.3) is 5.91 Å². The molecule has 3 atom stereocenters. The summed E-state index contributed by atoms with van der Waals surface area (Å²) < 4.78 is 12.1. The van der Waals surface area contributed by atoms with Crippen molar-refractivity contribution in [3.63, 3.8) is 0 Å². The van der Waals surface area contributed by atoms with Crippen molar-refractivity contribution in [1.82, 2.24) is 16.0 Å². The molecule has 0 bridgehead atoms. The maximum atomic E-state index is 12.1. The van der Waals surface area contributed by atoms with Crippen molar-refractivity contribution in [3.8, 4) is 0 Å². The molecular formula is C20H33IN4O2S. The van der Waals surface area contributed by atoms with Gasteiger partial charge in [0.2, 0.25) is 0 Å². The largest absolute Gasteiger partial charge is 0.356 e. The van der Waals surface area contributed by atoms with E-state index in [1.165, 1.54) is 0 Å². The predicted molar refractivity (Wildman–Crippen MR) is 128 cm³/mol. The molecule has 0 heterocycles. The Kier molecular flexibility index (Phi) is 11.7. The van der Waals surface area contributed by atoms with Crippen molar-refractivity contribution < 1.29 is 9.00 Å². The van der Waals surface area contributed by atoms with Crippen molar-refractivity contribution in [1.29, 1.82) is 0 Å². The fourth-order valence-corrected chi connectivity index (χ4v) is 4.82. The lowest BCUT2D eigenvalue weighted by molar-refractivity contribution is 0.0963. The Morgan fingerprint density at radius 2 is 2.11 bits per heavy atom. The van der Waals surface area contributed by atoms with E-state index < -0.39 is 10.8 Å². The molecule has 0 spiro atoms. The van der Waals surface area contributed by atoms with Gasteiger partial charge in [0, 0.05) is 54.0 Å². The minimum atomic E-state index is -0.721. The van der Waals surface area contributed by atoms with Gasteiger partial charge in [0.15, 0.2) is 5.96 Å². The van der Waals surface area contributed by atoms with Crippen LogP contribution in [0.25, 0.3) is 0 Å². The Labute approximate surface area is 188 Å². The number of benzene rings is 1. The average Bonchev–Trinajstić information content (AvgIpc) is 2.72. The summed E-state index contributed by atoms with van der Waals surface area (Å²) in [6.45, 7) is 2.72. The highest BCUT2D eigenvalue weighted by atomic mass is 127. The molecule has 0 radical (unpaired) electrons. The van der Waals surface area contributed by atoms with Crippen molar-refractivity contribution in [2.24, 2.45) is 4.99 Å². The third kappa shape index (κ3) is 7.69. The number of halogens is 1. The number of aliphatic imine (C=N–C) groups is 1. The standard InChI is InChI=1S/C20H32N4O2S.HI/c1-4-27(26)18-10-6-9-17(14-18)24-20(22-3)23-12-11-15-7-5-8-16(13-15)19(25)21-2;/h5,7-8,13,17-18H,4,6,9-12,14H2,1-3H3,(H,21,25)(H2,22,23,24);1H. The van der Waals surface area contributed by atoms with Crippen LogP contribution in [0.15, 0.2) is 29.3 Å². The van der Waals surface area contributed by atoms with E-state index in [0.717, 1.165) is 55.9 Å². The molecule has 1 amide bonds. The molecule has 1 aliphatic carbocycles. The summed E-state index contributed by atoms with van der Waals surface area (Å²) in [4.78, 5) is 16.1. The molecule has 1 aromatic carbocycles. The van der Waals surface area contributed by atoms with Gasteiger partial charge < -0.3 is 16.0 Å². The summed E-state index contributed by atoms with van der Waals surface area (Å²) in [7, 11) is 2.69. The maximum absolute atomic E-state index is 12.1. The molecule has 1 aromatic rings. The molecule has 0 aliphatic heterocycles. The van der Waals surface area contributed by atoms with Gasteiger partial charge in [-0.05, 0) is 43.4 Å². The molecule has 8 heteroatoms. The first-order valence-corrected chi connectivity index (χ1v) is 11.1. The smallest absolute Gasteiger partial charge is 0.251 e. The Morgan fingerprint density at radius 3 is 2.79 bits per heavy atom. The zero-order valence-electron chi connectivity index (χ0n) is 17.0. The summed E-state index contributed by atoms with van der Waals surface area (Å²) in [5, 5.41) is 9.77. The van der Waals surface area contributed by atoms with Gasteiger partial charge in [-0.25, -0.2) is 0 Å². The van der Waals surface area contributed by atoms with Crippen LogP contribution in [0.1, 0.15) is 48.5 Å². The second kappa shape index (κ2) is 13.1. The van der Waals surface area contributed by atoms with Crippen LogP contribution in [0.4, 0.5) is 0 Å². The third-order valence-electron chi connectivity index (χ3n) is 4.97. The van der Waals surface area contributed by atoms with Crippen LogP contribution in [0.3, 0.4) is 0 Å². The number of guanidine groups is 1. The molecule has 1 aliphatic rings. The molecule has 0 aromatic heterocycles. The zero-order valence-corrected chi connectivity index (χ0v) is 20.1. The van der Waals surface area contributed by atoms with Gasteiger partial charge in [-0.15, -0.1) is 24.0 Å². The van der Waals surface area contributed by atoms with Crippen LogP contribution in [0.5, 0.6) is 0 Å². The van der Waals surface area contributed by atoms with Crippen LogP contribution >= 0.6 is 24.0 Å². The number of hydrogen-bond donors (Lipinski definition) is 3. The van der Waals surface area contributed by atoms with E-state index in [0.29, 0.717) is 16.9 Å². The quantitative estimate of drug-likeness (QED) is 0.293. The van der Waals surface area contributed by atoms with Crippen LogP contribution in [-0.4, -0.2) is 53.8 Å². The highest BCUT2D eigenvalue weighted by Gasteiger charge is 2.25. The maximum Gasteiger partial charge on any atom is 0.251 e. The minimum absolute atomic E-state index is 0. The summed E-state index contributed by atoms with van der Waals surface area (Å²) in [6, 6.07) is 7.99. The van der Waals surface area contributed by atoms with Crippen LogP contribution < -0.4 is 16.0 Å². The first-order chi connectivity index (χ1) is 13.1. The Morgan fingerprint density at radius 1 is 1.32 bits per heavy atom. The Balaban J connectivity index is 0.00000392. The van der Waals surface area contributed by atoms with Gasteiger partial charge in [0.05, 0.1) is 0 Å². The summed E-state index contributed by atoms with van der Waals surface area (Å²) >= 11 is 0. The van der Waals surface area contributed by atoms with Crippen LogP contribution in [-0.2, 0) is 17.2 Å². The van der Waals surface area contributed by atoms with E-state index in [1.54, 1.807) is 14.1 Å². The van der Waals surface area contributed by atoms with Gasteiger partial charge in [-0.3, -0.25) is 14.0 Å². The number of amides is 1. The monoisotopic (exact) mass is 520 g/mol. The molecular weight excluding hydrogens is 487 g/mol. The molecule has 158 valence electrons. The number of carbonyl (C=O) groups excluding carboxylic acids is 1. The van der Waals surface area contributed by atoms with E-state index >= 15 is 0 Å². The number of carbonyl (C=O) groups is 1. The number of nitrogens with one attached hydrogen (secondary N) is 3. The van der Waals surface area contributed by atoms with Gasteiger partial charge >= 0.3 is 0 Å². The minimum Gasteiger partial charge on any atom is -0.356 e. The number of nitrogens with zero attached hydrogens (tertiary/aromatic N) is 1. The first kappa shape index (κ1) is 24.9. The molecule has 1 saturated carbocycles. The summed E-state index contributed by atoms with van der Waals surface area (Å²) in [5.74, 6) is 1.45. The van der Waals surface area contributed by atoms with Crippen LogP contribution in [0, 0.1) is 0 Å². The van der Waals surface area contributed by atoms with E-state index in [9.17, 15) is 9.00 Å². The van der Waals surface area contributed by atoms with E-state index in [4.69, 9.17) is 0 Å². The van der Waals surface area contributed by atoms with E-state index in [1.807, 2.05) is 31.2 Å². The molecule has 3 unspecified atom stereocenters. The first-order valence-electron chi connectivity index (χ1n) is 9.72. The number of rotatable bonds is 7. The Bertz CT molecular complexity index is 684. The second-order valence-corrected chi connectivity index (χ2v) is 8.83. The van der Waals surface area contributed by atoms with E-state index in [2.05, 4.69) is 20.9 Å². The molecule has 28 heavy (non-hydrogen) atoms. The van der Waals surface area contributed by atoms with Crippen molar-refractivity contribution in [2.45, 2.75) is 50.3 Å². The molecule has 6 nitrogen and oxygen atoms in total. The SMILES string of the molecule is CCS(=O)C1CCCC(NC(=NC)NCCc2cccc(C(=O)NC)c2)C1.I. The molecule has 3 N–H and O–H groups in total. The summed E-state index contributed by atoms with van der Waals surface area (Å²) in [5.41, 5.74) is 1.78. The van der Waals surface area contributed by atoms with Gasteiger partial charge in [-0.2, -0.15) is 0 Å². The molecule has 1 fully saturated rings. The normalized spacial score (nSPS) is 20.6. The van der Waals surface area contributed by atoms with Crippen molar-refractivity contribution >= 4 is 46.6 Å². The highest BCUT2D eigenvalue weighted by Crippen LogP contribution is 2.22. The van der Waals surface area contributed by atoms with Crippen molar-refractivity contribution in [3.05, 3.63) is 35.4 Å². The topological polar surface area (TPSA) is 82.6 Å². The molecule has 2 rings (SSSR count). The van der Waals surface area contributed by atoms with Crippen LogP contribution in [0.2, 0.25) is 0 Å². The third-order valence-corrected chi connectivity index (χ3v) is 6.71. The van der Waals surface area contributed by atoms with Gasteiger partial charge in [-0.1, -0.05) is 25.5 Å². The lowest BCUT2D eigenvalue weighted by Crippen LogP contribution is -2.47. The highest BCUT2D eigenvalue weighted by molar-refractivity contribution is 14.0.